The average Bonchev–Trinajstić information content (AvgIpc) is 3.03. The largest absolute Gasteiger partial charge is 0.469 e. The number of likely N-dealkylation sites (tertiary alicyclic amines) is 1. The summed E-state index contributed by atoms with van der Waals surface area (Å²) in [6.45, 7) is 0.236. The van der Waals surface area contributed by atoms with Crippen molar-refractivity contribution in [1.29, 1.82) is 0 Å². The molecule has 0 radical (unpaired) electrons. The second-order valence-corrected chi connectivity index (χ2v) is 6.16. The number of carbonyl (C=O) groups excluding carboxylic acids is 3. The topological polar surface area (TPSA) is 76.2 Å². The van der Waals surface area contributed by atoms with E-state index < -0.39 is 29.3 Å². The van der Waals surface area contributed by atoms with Crippen molar-refractivity contribution in [3.05, 3.63) is 29.8 Å². The molecule has 7 heteroatoms. The third kappa shape index (κ3) is 1.84. The molecule has 1 saturated heterocycles. The summed E-state index contributed by atoms with van der Waals surface area (Å²) in [6, 6.07) is 7.31. The van der Waals surface area contributed by atoms with E-state index in [9.17, 15) is 14.4 Å². The molecule has 1 aromatic carbocycles. The number of carbonyl (C=O) groups is 3. The fourth-order valence-electron chi connectivity index (χ4n) is 4.13. The van der Waals surface area contributed by atoms with Crippen LogP contribution in [-0.4, -0.2) is 57.6 Å². The standard InChI is InChI=1S/C17H20N2O5/c1-18-9-10(14(20)23-3)13(15(21)24-4)17(18)11-7-5-6-8-12(11)19(2)16(17)22/h5-8,10,13H,9H2,1-4H3/t10-,13+,17-/m1/s1. The van der Waals surface area contributed by atoms with Crippen LogP contribution in [0.3, 0.4) is 0 Å². The van der Waals surface area contributed by atoms with Gasteiger partial charge in [-0.2, -0.15) is 0 Å². The highest BCUT2D eigenvalue weighted by Gasteiger charge is 2.67. The van der Waals surface area contributed by atoms with Gasteiger partial charge < -0.3 is 14.4 Å². The zero-order chi connectivity index (χ0) is 17.6. The molecule has 128 valence electrons. The van der Waals surface area contributed by atoms with E-state index in [0.717, 1.165) is 5.69 Å². The lowest BCUT2D eigenvalue weighted by Crippen LogP contribution is -2.53. The van der Waals surface area contributed by atoms with Crippen LogP contribution in [0.4, 0.5) is 5.69 Å². The van der Waals surface area contributed by atoms with E-state index in [1.54, 1.807) is 19.0 Å². The first-order chi connectivity index (χ1) is 11.4. The lowest BCUT2D eigenvalue weighted by molar-refractivity contribution is -0.160. The van der Waals surface area contributed by atoms with E-state index in [-0.39, 0.29) is 12.5 Å². The number of likely N-dealkylation sites (N-methyl/N-ethyl adjacent to an activating group) is 2. The summed E-state index contributed by atoms with van der Waals surface area (Å²) in [7, 11) is 5.95. The molecule has 3 rings (SSSR count). The first-order valence-electron chi connectivity index (χ1n) is 7.65. The maximum atomic E-state index is 13.2. The summed E-state index contributed by atoms with van der Waals surface area (Å²) in [5.74, 6) is -3.08. The third-order valence-corrected chi connectivity index (χ3v) is 5.19. The van der Waals surface area contributed by atoms with Gasteiger partial charge in [-0.1, -0.05) is 18.2 Å². The van der Waals surface area contributed by atoms with Crippen LogP contribution in [0.15, 0.2) is 24.3 Å². The molecular formula is C17H20N2O5. The zero-order valence-corrected chi connectivity index (χ0v) is 14.1. The highest BCUT2D eigenvalue weighted by atomic mass is 16.5. The second-order valence-electron chi connectivity index (χ2n) is 6.16. The molecular weight excluding hydrogens is 312 g/mol. The van der Waals surface area contributed by atoms with Crippen molar-refractivity contribution in [3.8, 4) is 0 Å². The highest BCUT2D eigenvalue weighted by molar-refractivity contribution is 6.10. The van der Waals surface area contributed by atoms with Crippen LogP contribution >= 0.6 is 0 Å². The highest BCUT2D eigenvalue weighted by Crippen LogP contribution is 2.54. The van der Waals surface area contributed by atoms with Crippen LogP contribution in [0.2, 0.25) is 0 Å². The fraction of sp³-hybridized carbons (Fsp3) is 0.471. The number of amides is 1. The number of hydrogen-bond acceptors (Lipinski definition) is 6. The Kier molecular flexibility index (Phi) is 3.83. The maximum absolute atomic E-state index is 13.2. The van der Waals surface area contributed by atoms with Gasteiger partial charge in [-0.25, -0.2) is 0 Å². The van der Waals surface area contributed by atoms with Crippen LogP contribution in [0.5, 0.6) is 0 Å². The van der Waals surface area contributed by atoms with Gasteiger partial charge in [-0.05, 0) is 13.1 Å². The van der Waals surface area contributed by atoms with Crippen molar-refractivity contribution in [2.24, 2.45) is 11.8 Å². The zero-order valence-electron chi connectivity index (χ0n) is 14.1. The Balaban J connectivity index is 2.25. The van der Waals surface area contributed by atoms with Crippen molar-refractivity contribution in [3.63, 3.8) is 0 Å². The van der Waals surface area contributed by atoms with Crippen molar-refractivity contribution in [2.45, 2.75) is 5.54 Å². The number of methoxy groups -OCH3 is 2. The van der Waals surface area contributed by atoms with Crippen molar-refractivity contribution >= 4 is 23.5 Å². The Morgan fingerprint density at radius 1 is 1.12 bits per heavy atom. The number of nitrogens with zero attached hydrogens (tertiary/aromatic N) is 2. The van der Waals surface area contributed by atoms with Gasteiger partial charge in [-0.3, -0.25) is 19.3 Å². The molecule has 0 N–H and O–H groups in total. The van der Waals surface area contributed by atoms with Crippen LogP contribution in [0, 0.1) is 11.8 Å². The van der Waals surface area contributed by atoms with Gasteiger partial charge in [-0.15, -0.1) is 0 Å². The fourth-order valence-corrected chi connectivity index (χ4v) is 4.13. The molecule has 0 saturated carbocycles. The molecule has 1 amide bonds. The Hall–Kier alpha value is -2.41. The molecule has 1 fully saturated rings. The van der Waals surface area contributed by atoms with Gasteiger partial charge in [0.1, 0.15) is 11.5 Å². The molecule has 0 aliphatic carbocycles. The molecule has 2 heterocycles. The molecule has 3 atom stereocenters. The number of anilines is 1. The first kappa shape index (κ1) is 16.4. The van der Waals surface area contributed by atoms with Gasteiger partial charge in [0.05, 0.1) is 20.1 Å². The van der Waals surface area contributed by atoms with Crippen LogP contribution in [0.25, 0.3) is 0 Å². The van der Waals surface area contributed by atoms with Gasteiger partial charge in [0.15, 0.2) is 0 Å². The molecule has 2 aliphatic rings. The first-order valence-corrected chi connectivity index (χ1v) is 7.65. The van der Waals surface area contributed by atoms with Crippen molar-refractivity contribution < 1.29 is 23.9 Å². The van der Waals surface area contributed by atoms with Crippen LogP contribution in [0.1, 0.15) is 5.56 Å². The lowest BCUT2D eigenvalue weighted by atomic mass is 9.75. The van der Waals surface area contributed by atoms with Gasteiger partial charge in [0, 0.05) is 24.8 Å². The summed E-state index contributed by atoms with van der Waals surface area (Å²) < 4.78 is 9.81. The van der Waals surface area contributed by atoms with Crippen molar-refractivity contribution in [2.75, 3.05) is 39.8 Å². The minimum Gasteiger partial charge on any atom is -0.469 e. The maximum Gasteiger partial charge on any atom is 0.312 e. The van der Waals surface area contributed by atoms with Gasteiger partial charge >= 0.3 is 11.9 Å². The molecule has 0 aromatic heterocycles. The smallest absolute Gasteiger partial charge is 0.312 e. The number of benzene rings is 1. The summed E-state index contributed by atoms with van der Waals surface area (Å²) in [6.07, 6.45) is 0. The number of para-hydroxylation sites is 1. The molecule has 0 bridgehead atoms. The van der Waals surface area contributed by atoms with E-state index in [1.165, 1.54) is 19.1 Å². The summed E-state index contributed by atoms with van der Waals surface area (Å²) in [5.41, 5.74) is 0.188. The Morgan fingerprint density at radius 3 is 2.38 bits per heavy atom. The number of esters is 2. The lowest BCUT2D eigenvalue weighted by Gasteiger charge is -2.34. The Labute approximate surface area is 140 Å². The van der Waals surface area contributed by atoms with E-state index in [0.29, 0.717) is 5.56 Å². The van der Waals surface area contributed by atoms with E-state index in [1.807, 2.05) is 24.3 Å². The SMILES string of the molecule is COC(=O)[C@@H]1[C@H](C(=O)OC)CN(C)[C@@]12C(=O)N(C)c1ccccc12. The van der Waals surface area contributed by atoms with Crippen molar-refractivity contribution in [1.82, 2.24) is 4.90 Å². The van der Waals surface area contributed by atoms with E-state index in [4.69, 9.17) is 9.47 Å². The van der Waals surface area contributed by atoms with Crippen LogP contribution in [-0.2, 0) is 29.4 Å². The van der Waals surface area contributed by atoms with E-state index >= 15 is 0 Å². The minimum absolute atomic E-state index is 0.236. The van der Waals surface area contributed by atoms with Gasteiger partial charge in [0.25, 0.3) is 5.91 Å². The predicted molar refractivity (Wildman–Crippen MR) is 85.2 cm³/mol. The summed E-state index contributed by atoms with van der Waals surface area (Å²) >= 11 is 0. The normalized spacial score (nSPS) is 29.0. The third-order valence-electron chi connectivity index (χ3n) is 5.19. The molecule has 0 unspecified atom stereocenters. The Bertz CT molecular complexity index is 719. The number of fused-ring (bicyclic) bond motifs is 2. The molecule has 1 spiro atoms. The summed E-state index contributed by atoms with van der Waals surface area (Å²) in [4.78, 5) is 41.3. The average molecular weight is 332 g/mol. The van der Waals surface area contributed by atoms with Gasteiger partial charge in [0.2, 0.25) is 0 Å². The number of ether oxygens (including phenoxy) is 2. The second kappa shape index (κ2) is 5.59. The minimum atomic E-state index is -1.25. The number of rotatable bonds is 2. The van der Waals surface area contributed by atoms with E-state index in [2.05, 4.69) is 0 Å². The summed E-state index contributed by atoms with van der Waals surface area (Å²) in [5, 5.41) is 0. The van der Waals surface area contributed by atoms with Crippen LogP contribution < -0.4 is 4.90 Å². The molecule has 2 aliphatic heterocycles. The quantitative estimate of drug-likeness (QED) is 0.729. The molecule has 24 heavy (non-hydrogen) atoms. The Morgan fingerprint density at radius 2 is 1.75 bits per heavy atom. The molecule has 7 nitrogen and oxygen atoms in total. The molecule has 1 aromatic rings. The number of hydrogen-bond donors (Lipinski definition) is 0. The predicted octanol–water partition coefficient (Wildman–Crippen LogP) is 0.382. The monoisotopic (exact) mass is 332 g/mol.